The number of hydrogen-bond donors (Lipinski definition) is 1. The fourth-order valence-corrected chi connectivity index (χ4v) is 2.79. The van der Waals surface area contributed by atoms with Crippen LogP contribution >= 0.6 is 0 Å². The molecule has 108 valence electrons. The summed E-state index contributed by atoms with van der Waals surface area (Å²) in [4.78, 5) is 0. The van der Waals surface area contributed by atoms with E-state index < -0.39 is 0 Å². The van der Waals surface area contributed by atoms with Crippen molar-refractivity contribution in [3.63, 3.8) is 0 Å². The summed E-state index contributed by atoms with van der Waals surface area (Å²) in [6, 6.07) is 12.2. The topological polar surface area (TPSA) is 21.3 Å². The van der Waals surface area contributed by atoms with Crippen LogP contribution in [0.25, 0.3) is 11.1 Å². The second-order valence-corrected chi connectivity index (χ2v) is 5.95. The van der Waals surface area contributed by atoms with Crippen molar-refractivity contribution in [1.29, 1.82) is 0 Å². The number of ether oxygens (including phenoxy) is 1. The smallest absolute Gasteiger partial charge is 0.131 e. The molecule has 3 heteroatoms. The molecule has 1 saturated carbocycles. The van der Waals surface area contributed by atoms with Crippen LogP contribution in [0.3, 0.4) is 0 Å². The van der Waals surface area contributed by atoms with Crippen molar-refractivity contribution in [2.24, 2.45) is 0 Å². The fourth-order valence-electron chi connectivity index (χ4n) is 2.79. The Labute approximate surface area is 123 Å². The van der Waals surface area contributed by atoms with Gasteiger partial charge in [-0.2, -0.15) is 0 Å². The summed E-state index contributed by atoms with van der Waals surface area (Å²) in [7, 11) is 0. The molecule has 0 unspecified atom stereocenters. The maximum Gasteiger partial charge on any atom is 0.131 e. The van der Waals surface area contributed by atoms with Crippen molar-refractivity contribution >= 4 is 0 Å². The van der Waals surface area contributed by atoms with E-state index in [4.69, 9.17) is 4.74 Å². The van der Waals surface area contributed by atoms with Gasteiger partial charge in [0.15, 0.2) is 0 Å². The van der Waals surface area contributed by atoms with Gasteiger partial charge in [0.25, 0.3) is 0 Å². The van der Waals surface area contributed by atoms with Crippen LogP contribution < -0.4 is 5.32 Å². The van der Waals surface area contributed by atoms with Crippen molar-refractivity contribution in [3.05, 3.63) is 58.9 Å². The minimum Gasteiger partial charge on any atom is -0.372 e. The van der Waals surface area contributed by atoms with Gasteiger partial charge < -0.3 is 10.1 Å². The van der Waals surface area contributed by atoms with Gasteiger partial charge in [-0.25, -0.2) is 4.39 Å². The molecule has 0 spiro atoms. The lowest BCUT2D eigenvalue weighted by Crippen LogP contribution is -2.15. The lowest BCUT2D eigenvalue weighted by Gasteiger charge is -2.09. The second kappa shape index (κ2) is 5.24. The van der Waals surface area contributed by atoms with Crippen LogP contribution in [0.1, 0.15) is 29.5 Å². The van der Waals surface area contributed by atoms with Gasteiger partial charge in [0, 0.05) is 18.2 Å². The minimum absolute atomic E-state index is 0.163. The summed E-state index contributed by atoms with van der Waals surface area (Å²) in [5.41, 5.74) is 5.14. The van der Waals surface area contributed by atoms with Crippen LogP contribution in [-0.2, 0) is 24.5 Å². The van der Waals surface area contributed by atoms with Crippen LogP contribution in [0.4, 0.5) is 4.39 Å². The normalized spacial score (nSPS) is 17.0. The van der Waals surface area contributed by atoms with Gasteiger partial charge in [-0.3, -0.25) is 0 Å². The molecule has 1 aliphatic heterocycles. The molecule has 1 aliphatic carbocycles. The average Bonchev–Trinajstić information content (AvgIpc) is 3.21. The highest BCUT2D eigenvalue weighted by molar-refractivity contribution is 5.66. The predicted molar refractivity (Wildman–Crippen MR) is 80.2 cm³/mol. The first-order valence-electron chi connectivity index (χ1n) is 7.51. The highest BCUT2D eigenvalue weighted by atomic mass is 19.1. The molecule has 0 bridgehead atoms. The molecular formula is C18H18FNO. The van der Waals surface area contributed by atoms with E-state index in [1.165, 1.54) is 24.0 Å². The van der Waals surface area contributed by atoms with E-state index in [1.54, 1.807) is 6.07 Å². The van der Waals surface area contributed by atoms with E-state index in [0.29, 0.717) is 24.8 Å². The quantitative estimate of drug-likeness (QED) is 0.922. The third-order valence-electron chi connectivity index (χ3n) is 4.24. The summed E-state index contributed by atoms with van der Waals surface area (Å²) in [5, 5.41) is 3.47. The third-order valence-corrected chi connectivity index (χ3v) is 4.24. The molecule has 21 heavy (non-hydrogen) atoms. The zero-order chi connectivity index (χ0) is 14.2. The number of halogens is 1. The van der Waals surface area contributed by atoms with E-state index in [1.807, 2.05) is 24.3 Å². The largest absolute Gasteiger partial charge is 0.372 e. The first kappa shape index (κ1) is 13.0. The molecule has 0 amide bonds. The van der Waals surface area contributed by atoms with Crippen molar-refractivity contribution < 1.29 is 9.13 Å². The first-order chi connectivity index (χ1) is 10.3. The molecule has 0 aromatic heterocycles. The van der Waals surface area contributed by atoms with Crippen LogP contribution in [0, 0.1) is 5.82 Å². The summed E-state index contributed by atoms with van der Waals surface area (Å²) in [6.45, 7) is 2.11. The van der Waals surface area contributed by atoms with Gasteiger partial charge in [0.1, 0.15) is 5.82 Å². The average molecular weight is 283 g/mol. The number of fused-ring (bicyclic) bond motifs is 1. The van der Waals surface area contributed by atoms with Gasteiger partial charge in [0.2, 0.25) is 0 Å². The molecule has 2 nitrogen and oxygen atoms in total. The molecule has 1 heterocycles. The lowest BCUT2D eigenvalue weighted by molar-refractivity contribution is 0.134. The van der Waals surface area contributed by atoms with Gasteiger partial charge in [0.05, 0.1) is 13.2 Å². The number of hydrogen-bond acceptors (Lipinski definition) is 2. The summed E-state index contributed by atoms with van der Waals surface area (Å²) in [5.74, 6) is -0.163. The number of rotatable bonds is 4. The molecule has 1 N–H and O–H groups in total. The Morgan fingerprint density at radius 3 is 2.76 bits per heavy atom. The van der Waals surface area contributed by atoms with Gasteiger partial charge in [-0.1, -0.05) is 18.2 Å². The summed E-state index contributed by atoms with van der Waals surface area (Å²) >= 11 is 0. The molecule has 0 saturated heterocycles. The molecule has 1 fully saturated rings. The number of benzene rings is 2. The Hall–Kier alpha value is -1.71. The molecule has 2 aromatic rings. The molecule has 0 radical (unpaired) electrons. The van der Waals surface area contributed by atoms with Gasteiger partial charge in [-0.15, -0.1) is 0 Å². The van der Waals surface area contributed by atoms with Crippen molar-refractivity contribution in [1.82, 2.24) is 5.32 Å². The first-order valence-corrected chi connectivity index (χ1v) is 7.51. The number of nitrogens with one attached hydrogen (secondary N) is 1. The minimum atomic E-state index is -0.163. The Morgan fingerprint density at radius 1 is 1.05 bits per heavy atom. The maximum atomic E-state index is 14.2. The summed E-state index contributed by atoms with van der Waals surface area (Å²) in [6.07, 6.45) is 2.53. The highest BCUT2D eigenvalue weighted by Crippen LogP contribution is 2.29. The fraction of sp³-hybridized carbons (Fsp3) is 0.333. The standard InChI is InChI=1S/C18H18FNO/c19-18-6-1-12(9-20-16-4-5-16)7-17(18)13-2-3-14-10-21-11-15(14)8-13/h1-3,6-8,16,20H,4-5,9-11H2. The van der Waals surface area contributed by atoms with Crippen LogP contribution in [-0.4, -0.2) is 6.04 Å². The predicted octanol–water partition coefficient (Wildman–Crippen LogP) is 3.77. The van der Waals surface area contributed by atoms with Gasteiger partial charge >= 0.3 is 0 Å². The molecular weight excluding hydrogens is 265 g/mol. The Bertz CT molecular complexity index is 679. The Morgan fingerprint density at radius 2 is 1.90 bits per heavy atom. The van der Waals surface area contributed by atoms with Crippen molar-refractivity contribution in [3.8, 4) is 11.1 Å². The van der Waals surface area contributed by atoms with E-state index in [-0.39, 0.29) is 5.82 Å². The lowest BCUT2D eigenvalue weighted by atomic mass is 9.98. The molecule has 2 aromatic carbocycles. The Balaban J connectivity index is 1.64. The molecule has 2 aliphatic rings. The van der Waals surface area contributed by atoms with E-state index in [0.717, 1.165) is 17.7 Å². The highest BCUT2D eigenvalue weighted by Gasteiger charge is 2.20. The monoisotopic (exact) mass is 283 g/mol. The maximum absolute atomic E-state index is 14.2. The van der Waals surface area contributed by atoms with Crippen LogP contribution in [0.15, 0.2) is 36.4 Å². The van der Waals surface area contributed by atoms with Gasteiger partial charge in [-0.05, 0) is 53.3 Å². The zero-order valence-electron chi connectivity index (χ0n) is 11.9. The third kappa shape index (κ3) is 2.71. The SMILES string of the molecule is Fc1ccc(CNC2CC2)cc1-c1ccc2c(c1)COC2. The summed E-state index contributed by atoms with van der Waals surface area (Å²) < 4.78 is 19.6. The van der Waals surface area contributed by atoms with Crippen LogP contribution in [0.5, 0.6) is 0 Å². The molecule has 0 atom stereocenters. The van der Waals surface area contributed by atoms with Crippen LogP contribution in [0.2, 0.25) is 0 Å². The Kier molecular flexibility index (Phi) is 3.24. The molecule has 4 rings (SSSR count). The van der Waals surface area contributed by atoms with Crippen molar-refractivity contribution in [2.75, 3.05) is 0 Å². The van der Waals surface area contributed by atoms with Crippen molar-refractivity contribution in [2.45, 2.75) is 38.6 Å². The van der Waals surface area contributed by atoms with E-state index in [2.05, 4.69) is 11.4 Å². The van der Waals surface area contributed by atoms with E-state index >= 15 is 0 Å². The zero-order valence-corrected chi connectivity index (χ0v) is 11.9. The second-order valence-electron chi connectivity index (χ2n) is 5.95. The van der Waals surface area contributed by atoms with E-state index in [9.17, 15) is 4.39 Å².